The number of aliphatic imine (C=N–C) groups is 1. The predicted octanol–water partition coefficient (Wildman–Crippen LogP) is 2.75. The van der Waals surface area contributed by atoms with Crippen molar-refractivity contribution in [3.05, 3.63) is 39.9 Å². The Morgan fingerprint density at radius 3 is 2.76 bits per heavy atom. The normalized spacial score (nSPS) is 16.6. The second-order valence-electron chi connectivity index (χ2n) is 6.62. The van der Waals surface area contributed by atoms with Gasteiger partial charge in [0, 0.05) is 50.7 Å². The lowest BCUT2D eigenvalue weighted by atomic mass is 10.1. The molecule has 0 atom stereocenters. The van der Waals surface area contributed by atoms with Crippen LogP contribution < -0.4 is 5.32 Å². The van der Waals surface area contributed by atoms with Crippen molar-refractivity contribution in [2.24, 2.45) is 4.99 Å². The summed E-state index contributed by atoms with van der Waals surface area (Å²) in [5, 5.41) is 9.64. The molecule has 0 amide bonds. The van der Waals surface area contributed by atoms with E-state index in [9.17, 15) is 0 Å². The van der Waals surface area contributed by atoms with Gasteiger partial charge in [-0.3, -0.25) is 9.89 Å². The average Bonchev–Trinajstić information content (AvgIpc) is 3.28. The summed E-state index contributed by atoms with van der Waals surface area (Å²) in [5.74, 6) is 2.16. The van der Waals surface area contributed by atoms with Crippen molar-refractivity contribution in [2.75, 3.05) is 33.2 Å². The Labute approximate surface area is 153 Å². The van der Waals surface area contributed by atoms with Crippen molar-refractivity contribution in [1.29, 1.82) is 0 Å². The number of hydrogen-bond donors (Lipinski definition) is 1. The summed E-state index contributed by atoms with van der Waals surface area (Å²) in [6, 6.07) is 6.35. The molecule has 2 aromatic heterocycles. The molecule has 1 aliphatic rings. The lowest BCUT2D eigenvalue weighted by molar-refractivity contribution is 0.173. The van der Waals surface area contributed by atoms with Crippen LogP contribution >= 0.6 is 11.3 Å². The SMILES string of the molecule is CN=C(NCc1cc(C(C)C)no1)N1CCN(Cc2cccs2)CC1. The summed E-state index contributed by atoms with van der Waals surface area (Å²) in [6.07, 6.45) is 0. The summed E-state index contributed by atoms with van der Waals surface area (Å²) < 4.78 is 5.39. The van der Waals surface area contributed by atoms with Crippen LogP contribution in [0.3, 0.4) is 0 Å². The number of thiophene rings is 1. The number of guanidine groups is 1. The van der Waals surface area contributed by atoms with Crippen LogP contribution in [-0.4, -0.2) is 54.1 Å². The van der Waals surface area contributed by atoms with Crippen molar-refractivity contribution < 1.29 is 4.52 Å². The molecule has 1 saturated heterocycles. The first-order valence-corrected chi connectivity index (χ1v) is 9.69. The lowest BCUT2D eigenvalue weighted by Gasteiger charge is -2.36. The maximum absolute atomic E-state index is 5.39. The van der Waals surface area contributed by atoms with Gasteiger partial charge >= 0.3 is 0 Å². The molecular weight excluding hydrogens is 334 g/mol. The molecule has 0 spiro atoms. The van der Waals surface area contributed by atoms with Crippen LogP contribution in [0.1, 0.15) is 36.1 Å². The topological polar surface area (TPSA) is 56.9 Å². The van der Waals surface area contributed by atoms with Crippen LogP contribution in [0.5, 0.6) is 0 Å². The molecule has 25 heavy (non-hydrogen) atoms. The fourth-order valence-electron chi connectivity index (χ4n) is 2.92. The maximum Gasteiger partial charge on any atom is 0.194 e. The van der Waals surface area contributed by atoms with E-state index >= 15 is 0 Å². The van der Waals surface area contributed by atoms with Gasteiger partial charge in [0.2, 0.25) is 0 Å². The Morgan fingerprint density at radius 1 is 1.36 bits per heavy atom. The number of piperazine rings is 1. The molecule has 2 aromatic rings. The van der Waals surface area contributed by atoms with Crippen LogP contribution in [0.2, 0.25) is 0 Å². The van der Waals surface area contributed by atoms with Crippen LogP contribution in [0.25, 0.3) is 0 Å². The van der Waals surface area contributed by atoms with Crippen LogP contribution in [0, 0.1) is 0 Å². The van der Waals surface area contributed by atoms with E-state index in [2.05, 4.69) is 56.6 Å². The van der Waals surface area contributed by atoms with Crippen molar-refractivity contribution in [3.63, 3.8) is 0 Å². The highest BCUT2D eigenvalue weighted by molar-refractivity contribution is 7.09. The van der Waals surface area contributed by atoms with E-state index in [1.165, 1.54) is 4.88 Å². The summed E-state index contributed by atoms with van der Waals surface area (Å²) in [4.78, 5) is 10.7. The average molecular weight is 362 g/mol. The van der Waals surface area contributed by atoms with Crippen molar-refractivity contribution in [3.8, 4) is 0 Å². The Kier molecular flexibility index (Phi) is 6.09. The lowest BCUT2D eigenvalue weighted by Crippen LogP contribution is -2.51. The molecule has 3 heterocycles. The molecule has 6 nitrogen and oxygen atoms in total. The second-order valence-corrected chi connectivity index (χ2v) is 7.65. The van der Waals surface area contributed by atoms with E-state index < -0.39 is 0 Å². The molecule has 0 bridgehead atoms. The molecule has 1 N–H and O–H groups in total. The van der Waals surface area contributed by atoms with Crippen LogP contribution in [0.15, 0.2) is 33.1 Å². The van der Waals surface area contributed by atoms with Crippen molar-refractivity contribution in [1.82, 2.24) is 20.3 Å². The minimum atomic E-state index is 0.383. The van der Waals surface area contributed by atoms with E-state index in [0.29, 0.717) is 12.5 Å². The summed E-state index contributed by atoms with van der Waals surface area (Å²) in [5.41, 5.74) is 0.994. The predicted molar refractivity (Wildman–Crippen MR) is 102 cm³/mol. The molecule has 3 rings (SSSR count). The van der Waals surface area contributed by atoms with Gasteiger partial charge in [0.05, 0.1) is 12.2 Å². The Balaban J connectivity index is 1.47. The Bertz CT molecular complexity index is 671. The van der Waals surface area contributed by atoms with E-state index in [1.807, 2.05) is 24.5 Å². The van der Waals surface area contributed by atoms with Gasteiger partial charge in [-0.05, 0) is 17.4 Å². The van der Waals surface area contributed by atoms with E-state index in [0.717, 1.165) is 50.1 Å². The fraction of sp³-hybridized carbons (Fsp3) is 0.556. The summed E-state index contributed by atoms with van der Waals surface area (Å²) in [6.45, 7) is 9.97. The minimum Gasteiger partial charge on any atom is -0.359 e. The molecule has 0 aliphatic carbocycles. The third-order valence-electron chi connectivity index (χ3n) is 4.43. The zero-order chi connectivity index (χ0) is 17.6. The third kappa shape index (κ3) is 4.83. The molecule has 0 aromatic carbocycles. The molecule has 0 unspecified atom stereocenters. The molecule has 0 radical (unpaired) electrons. The number of nitrogens with zero attached hydrogens (tertiary/aromatic N) is 4. The second kappa shape index (κ2) is 8.49. The zero-order valence-electron chi connectivity index (χ0n) is 15.2. The highest BCUT2D eigenvalue weighted by Crippen LogP contribution is 2.15. The van der Waals surface area contributed by atoms with Gasteiger partial charge in [0.1, 0.15) is 0 Å². The number of hydrogen-bond acceptors (Lipinski definition) is 5. The zero-order valence-corrected chi connectivity index (χ0v) is 16.1. The highest BCUT2D eigenvalue weighted by atomic mass is 32.1. The maximum atomic E-state index is 5.39. The smallest absolute Gasteiger partial charge is 0.194 e. The largest absolute Gasteiger partial charge is 0.359 e. The van der Waals surface area contributed by atoms with E-state index in [1.54, 1.807) is 0 Å². The molecule has 1 aliphatic heterocycles. The van der Waals surface area contributed by atoms with Gasteiger partial charge < -0.3 is 14.7 Å². The Morgan fingerprint density at radius 2 is 2.16 bits per heavy atom. The van der Waals surface area contributed by atoms with Gasteiger partial charge in [0.25, 0.3) is 0 Å². The molecule has 0 saturated carbocycles. The molecule has 7 heteroatoms. The van der Waals surface area contributed by atoms with Crippen LogP contribution in [-0.2, 0) is 13.1 Å². The standard InChI is InChI=1S/C18H27N5OS/c1-14(2)17-11-15(24-21-17)12-20-18(19-3)23-8-6-22(7-9-23)13-16-5-4-10-25-16/h4-5,10-11,14H,6-9,12-13H2,1-3H3,(H,19,20). The highest BCUT2D eigenvalue weighted by Gasteiger charge is 2.20. The monoisotopic (exact) mass is 361 g/mol. The quantitative estimate of drug-likeness (QED) is 0.655. The first-order valence-electron chi connectivity index (χ1n) is 8.81. The van der Waals surface area contributed by atoms with Gasteiger partial charge in [-0.1, -0.05) is 25.1 Å². The van der Waals surface area contributed by atoms with E-state index in [4.69, 9.17) is 4.52 Å². The summed E-state index contributed by atoms with van der Waals surface area (Å²) >= 11 is 1.83. The van der Waals surface area contributed by atoms with Crippen molar-refractivity contribution >= 4 is 17.3 Å². The first kappa shape index (κ1) is 17.9. The Hall–Kier alpha value is -1.86. The van der Waals surface area contributed by atoms with Crippen molar-refractivity contribution in [2.45, 2.75) is 32.9 Å². The fourth-order valence-corrected chi connectivity index (χ4v) is 3.67. The van der Waals surface area contributed by atoms with Gasteiger partial charge in [-0.15, -0.1) is 11.3 Å². The van der Waals surface area contributed by atoms with E-state index in [-0.39, 0.29) is 0 Å². The summed E-state index contributed by atoms with van der Waals surface area (Å²) in [7, 11) is 1.83. The van der Waals surface area contributed by atoms with Gasteiger partial charge in [-0.25, -0.2) is 0 Å². The van der Waals surface area contributed by atoms with Gasteiger partial charge in [-0.2, -0.15) is 0 Å². The molecule has 136 valence electrons. The molecular formula is C18H27N5OS. The van der Waals surface area contributed by atoms with Gasteiger partial charge in [0.15, 0.2) is 11.7 Å². The minimum absolute atomic E-state index is 0.383. The number of rotatable bonds is 5. The number of nitrogens with one attached hydrogen (secondary N) is 1. The molecule has 1 fully saturated rings. The van der Waals surface area contributed by atoms with Crippen LogP contribution in [0.4, 0.5) is 0 Å². The first-order chi connectivity index (χ1) is 12.2. The third-order valence-corrected chi connectivity index (χ3v) is 5.29. The number of aromatic nitrogens is 1.